The molecule has 6 nitrogen and oxygen atoms in total. The molecular formula is C21H30N2O4. The molecule has 0 spiro atoms. The van der Waals surface area contributed by atoms with Gasteiger partial charge >= 0.3 is 12.1 Å². The Hall–Kier alpha value is -2.52. The molecule has 1 fully saturated rings. The number of aliphatic carboxylic acids is 1. The van der Waals surface area contributed by atoms with Gasteiger partial charge in [-0.15, -0.1) is 12.3 Å². The van der Waals surface area contributed by atoms with Crippen molar-refractivity contribution in [3.63, 3.8) is 0 Å². The lowest BCUT2D eigenvalue weighted by molar-refractivity contribution is -0.139. The van der Waals surface area contributed by atoms with Gasteiger partial charge < -0.3 is 20.9 Å². The minimum atomic E-state index is -1.10. The smallest absolute Gasteiger partial charge is 0.408 e. The van der Waals surface area contributed by atoms with Crippen LogP contribution < -0.4 is 11.1 Å². The number of nitrogens with one attached hydrogen (secondary N) is 1. The Bertz CT molecular complexity index is 592. The molecular weight excluding hydrogens is 344 g/mol. The third-order valence-corrected chi connectivity index (χ3v) is 4.27. The van der Waals surface area contributed by atoms with Gasteiger partial charge in [-0.25, -0.2) is 9.59 Å². The van der Waals surface area contributed by atoms with Gasteiger partial charge in [0.25, 0.3) is 0 Å². The largest absolute Gasteiger partial charge is 0.480 e. The first-order valence-corrected chi connectivity index (χ1v) is 9.42. The van der Waals surface area contributed by atoms with Crippen LogP contribution >= 0.6 is 0 Å². The molecule has 27 heavy (non-hydrogen) atoms. The van der Waals surface area contributed by atoms with Crippen LogP contribution in [0.1, 0.15) is 56.9 Å². The maximum Gasteiger partial charge on any atom is 0.408 e. The molecule has 1 aliphatic rings. The number of hydrogen-bond acceptors (Lipinski definition) is 4. The molecule has 1 saturated carbocycles. The summed E-state index contributed by atoms with van der Waals surface area (Å²) in [4.78, 5) is 22.5. The van der Waals surface area contributed by atoms with Crippen molar-refractivity contribution in [1.29, 1.82) is 0 Å². The van der Waals surface area contributed by atoms with Crippen LogP contribution in [0.25, 0.3) is 0 Å². The molecule has 0 unspecified atom stereocenters. The van der Waals surface area contributed by atoms with E-state index in [0.717, 1.165) is 5.56 Å². The van der Waals surface area contributed by atoms with Crippen LogP contribution in [0.5, 0.6) is 0 Å². The average Bonchev–Trinajstić information content (AvgIpc) is 2.67. The van der Waals surface area contributed by atoms with E-state index in [9.17, 15) is 9.59 Å². The minimum absolute atomic E-state index is 0.101. The monoisotopic (exact) mass is 374 g/mol. The number of benzene rings is 1. The minimum Gasteiger partial charge on any atom is -0.480 e. The fourth-order valence-electron chi connectivity index (χ4n) is 2.71. The third-order valence-electron chi connectivity index (χ3n) is 4.27. The first-order valence-electron chi connectivity index (χ1n) is 9.42. The molecule has 1 amide bonds. The van der Waals surface area contributed by atoms with Gasteiger partial charge in [-0.05, 0) is 31.2 Å². The molecule has 0 heterocycles. The predicted molar refractivity (Wildman–Crippen MR) is 105 cm³/mol. The van der Waals surface area contributed by atoms with E-state index in [1.54, 1.807) is 0 Å². The number of carbonyl (C=O) groups excluding carboxylic acids is 1. The standard InChI is InChI=1S/C15H17NO4.C6H13N/c1-2-3-5-10-13(14(17)18)16-15(19)20-11-12-8-6-4-7-9-12;7-6-4-2-1-3-5-6/h1,4,6-9,13H,3,5,10-11H2,(H,16,19)(H,17,18);6H,1-5,7H2/t13-;/m0./s1. The number of alkyl carbamates (subject to hydrolysis) is 1. The Balaban J connectivity index is 0.000000433. The van der Waals surface area contributed by atoms with E-state index in [4.69, 9.17) is 22.0 Å². The van der Waals surface area contributed by atoms with E-state index >= 15 is 0 Å². The topological polar surface area (TPSA) is 102 Å². The molecule has 1 aromatic rings. The fraction of sp³-hybridized carbons (Fsp3) is 0.524. The summed E-state index contributed by atoms with van der Waals surface area (Å²) in [6.45, 7) is 0.101. The quantitative estimate of drug-likeness (QED) is 0.501. The highest BCUT2D eigenvalue weighted by Gasteiger charge is 2.19. The van der Waals surface area contributed by atoms with Gasteiger partial charge in [-0.1, -0.05) is 49.6 Å². The first-order chi connectivity index (χ1) is 13.0. The lowest BCUT2D eigenvalue weighted by Crippen LogP contribution is -2.40. The number of unbranched alkanes of at least 4 members (excludes halogenated alkanes) is 1. The molecule has 148 valence electrons. The maximum absolute atomic E-state index is 11.5. The number of amides is 1. The Morgan fingerprint density at radius 3 is 2.44 bits per heavy atom. The van der Waals surface area contributed by atoms with Crippen LogP contribution in [-0.4, -0.2) is 29.3 Å². The van der Waals surface area contributed by atoms with Crippen LogP contribution in [-0.2, 0) is 16.1 Å². The molecule has 1 aliphatic carbocycles. The zero-order valence-corrected chi connectivity index (χ0v) is 15.7. The second kappa shape index (κ2) is 13.7. The molecule has 4 N–H and O–H groups in total. The molecule has 0 saturated heterocycles. The van der Waals surface area contributed by atoms with Crippen LogP contribution in [0.3, 0.4) is 0 Å². The van der Waals surface area contributed by atoms with Gasteiger partial charge in [0.05, 0.1) is 0 Å². The van der Waals surface area contributed by atoms with E-state index in [2.05, 4.69) is 11.2 Å². The van der Waals surface area contributed by atoms with Gasteiger partial charge in [-0.3, -0.25) is 0 Å². The summed E-state index contributed by atoms with van der Waals surface area (Å²) in [5, 5.41) is 11.3. The molecule has 1 aromatic carbocycles. The summed E-state index contributed by atoms with van der Waals surface area (Å²) in [5.74, 6) is 1.33. The number of nitrogens with two attached hydrogens (primary N) is 1. The number of hydrogen-bond donors (Lipinski definition) is 3. The van der Waals surface area contributed by atoms with Gasteiger partial charge in [0.1, 0.15) is 12.6 Å². The average molecular weight is 374 g/mol. The molecule has 1 atom stereocenters. The maximum atomic E-state index is 11.5. The number of carbonyl (C=O) groups is 2. The van der Waals surface area contributed by atoms with E-state index in [1.807, 2.05) is 30.3 Å². The van der Waals surface area contributed by atoms with Gasteiger partial charge in [-0.2, -0.15) is 0 Å². The van der Waals surface area contributed by atoms with Gasteiger partial charge in [0.15, 0.2) is 0 Å². The SMILES string of the molecule is C#CCCC[C@H](NC(=O)OCc1ccccc1)C(=O)O.NC1CCCCC1. The predicted octanol–water partition coefficient (Wildman–Crippen LogP) is 3.45. The van der Waals surface area contributed by atoms with Crippen LogP contribution in [0, 0.1) is 12.3 Å². The molecule has 6 heteroatoms. The summed E-state index contributed by atoms with van der Waals surface area (Å²) < 4.78 is 4.96. The van der Waals surface area contributed by atoms with Gasteiger partial charge in [0, 0.05) is 12.5 Å². The van der Waals surface area contributed by atoms with E-state index in [0.29, 0.717) is 18.9 Å². The number of ether oxygens (including phenoxy) is 1. The lowest BCUT2D eigenvalue weighted by atomic mass is 9.97. The summed E-state index contributed by atoms with van der Waals surface area (Å²) in [5.41, 5.74) is 6.47. The Labute approximate surface area is 161 Å². The molecule has 0 radical (unpaired) electrons. The number of carboxylic acids is 1. The molecule has 2 rings (SSSR count). The van der Waals surface area contributed by atoms with E-state index in [-0.39, 0.29) is 13.0 Å². The summed E-state index contributed by atoms with van der Waals surface area (Å²) in [7, 11) is 0. The fourth-order valence-corrected chi connectivity index (χ4v) is 2.71. The zero-order valence-electron chi connectivity index (χ0n) is 15.7. The Morgan fingerprint density at radius 2 is 1.93 bits per heavy atom. The van der Waals surface area contributed by atoms with Crippen molar-refractivity contribution < 1.29 is 19.4 Å². The Kier molecular flexibility index (Phi) is 11.4. The van der Waals surface area contributed by atoms with Crippen LogP contribution in [0.4, 0.5) is 4.79 Å². The van der Waals surface area contributed by atoms with Crippen molar-refractivity contribution in [3.05, 3.63) is 35.9 Å². The van der Waals surface area contributed by atoms with Crippen molar-refractivity contribution in [1.82, 2.24) is 5.32 Å². The first kappa shape index (κ1) is 22.5. The number of terminal acetylenes is 1. The highest BCUT2D eigenvalue weighted by atomic mass is 16.5. The van der Waals surface area contributed by atoms with Crippen LogP contribution in [0.2, 0.25) is 0 Å². The summed E-state index contributed by atoms with van der Waals surface area (Å²) >= 11 is 0. The van der Waals surface area contributed by atoms with Crippen molar-refractivity contribution in [3.8, 4) is 12.3 Å². The molecule has 0 aliphatic heterocycles. The highest BCUT2D eigenvalue weighted by Crippen LogP contribution is 2.14. The van der Waals surface area contributed by atoms with Crippen molar-refractivity contribution in [2.24, 2.45) is 5.73 Å². The lowest BCUT2D eigenvalue weighted by Gasteiger charge is -2.15. The second-order valence-corrected chi connectivity index (χ2v) is 6.59. The van der Waals surface area contributed by atoms with E-state index in [1.165, 1.54) is 32.1 Å². The number of rotatable bonds is 7. The molecule has 0 aromatic heterocycles. The highest BCUT2D eigenvalue weighted by molar-refractivity contribution is 5.79. The second-order valence-electron chi connectivity index (χ2n) is 6.59. The summed E-state index contributed by atoms with van der Waals surface area (Å²) in [6.07, 6.45) is 12.3. The molecule has 0 bridgehead atoms. The zero-order chi connectivity index (χ0) is 19.9. The Morgan fingerprint density at radius 1 is 1.26 bits per heavy atom. The van der Waals surface area contributed by atoms with Crippen molar-refractivity contribution >= 4 is 12.1 Å². The normalized spacial score (nSPS) is 14.8. The van der Waals surface area contributed by atoms with Crippen molar-refractivity contribution in [2.75, 3.05) is 0 Å². The summed E-state index contributed by atoms with van der Waals surface area (Å²) in [6, 6.07) is 8.70. The number of carboxylic acid groups (broad SMARTS) is 1. The van der Waals surface area contributed by atoms with E-state index < -0.39 is 18.1 Å². The van der Waals surface area contributed by atoms with Crippen LogP contribution in [0.15, 0.2) is 30.3 Å². The van der Waals surface area contributed by atoms with Crippen molar-refractivity contribution in [2.45, 2.75) is 70.1 Å². The van der Waals surface area contributed by atoms with Gasteiger partial charge in [0.2, 0.25) is 0 Å². The third kappa shape index (κ3) is 10.9.